The van der Waals surface area contributed by atoms with Gasteiger partial charge in [-0.3, -0.25) is 9.59 Å². The molecule has 25 heavy (non-hydrogen) atoms. The minimum absolute atomic E-state index is 0.0774. The third-order valence-electron chi connectivity index (χ3n) is 3.45. The van der Waals surface area contributed by atoms with Crippen molar-refractivity contribution in [1.82, 2.24) is 5.32 Å². The van der Waals surface area contributed by atoms with Gasteiger partial charge in [-0.2, -0.15) is 0 Å². The summed E-state index contributed by atoms with van der Waals surface area (Å²) in [4.78, 5) is 23.1. The van der Waals surface area contributed by atoms with Crippen LogP contribution in [0.5, 0.6) is 0 Å². The van der Waals surface area contributed by atoms with Crippen molar-refractivity contribution in [3.05, 3.63) is 76.6 Å². The SMILES string of the molecule is O=C(O)CC(NC(=O)C/C=C/c1ccc(F)cc1)c1cccc(Cl)c1. The fourth-order valence-electron chi connectivity index (χ4n) is 2.28. The second-order valence-corrected chi connectivity index (χ2v) is 5.87. The second-order valence-electron chi connectivity index (χ2n) is 5.43. The van der Waals surface area contributed by atoms with E-state index in [1.54, 1.807) is 48.6 Å². The molecule has 0 aromatic heterocycles. The van der Waals surface area contributed by atoms with E-state index >= 15 is 0 Å². The summed E-state index contributed by atoms with van der Waals surface area (Å²) in [7, 11) is 0. The minimum atomic E-state index is -1.02. The third-order valence-corrected chi connectivity index (χ3v) is 3.68. The number of halogens is 2. The van der Waals surface area contributed by atoms with Crippen LogP contribution in [-0.4, -0.2) is 17.0 Å². The highest BCUT2D eigenvalue weighted by molar-refractivity contribution is 6.30. The van der Waals surface area contributed by atoms with Crippen LogP contribution in [0, 0.1) is 5.82 Å². The van der Waals surface area contributed by atoms with Crippen LogP contribution in [0.15, 0.2) is 54.6 Å². The number of nitrogens with one attached hydrogen (secondary N) is 1. The Morgan fingerprint density at radius 2 is 1.92 bits per heavy atom. The highest BCUT2D eigenvalue weighted by atomic mass is 35.5. The summed E-state index contributed by atoms with van der Waals surface area (Å²) in [5, 5.41) is 12.2. The van der Waals surface area contributed by atoms with Crippen molar-refractivity contribution in [2.24, 2.45) is 0 Å². The van der Waals surface area contributed by atoms with E-state index in [1.807, 2.05) is 0 Å². The summed E-state index contributed by atoms with van der Waals surface area (Å²) in [5.74, 6) is -1.66. The van der Waals surface area contributed by atoms with Crippen molar-refractivity contribution < 1.29 is 19.1 Å². The molecule has 0 saturated heterocycles. The van der Waals surface area contributed by atoms with Gasteiger partial charge in [0.05, 0.1) is 12.5 Å². The van der Waals surface area contributed by atoms with Crippen LogP contribution >= 0.6 is 11.6 Å². The zero-order valence-electron chi connectivity index (χ0n) is 13.3. The lowest BCUT2D eigenvalue weighted by molar-refractivity contribution is -0.137. The summed E-state index contributed by atoms with van der Waals surface area (Å²) in [6.45, 7) is 0. The molecule has 2 rings (SSSR count). The fourth-order valence-corrected chi connectivity index (χ4v) is 2.48. The number of aliphatic carboxylic acids is 1. The molecule has 0 fully saturated rings. The standard InChI is InChI=1S/C19H17ClFNO3/c20-15-5-2-4-14(11-15)17(12-19(24)25)22-18(23)6-1-3-13-7-9-16(21)10-8-13/h1-5,7-11,17H,6,12H2,(H,22,23)(H,24,25)/b3-1+. The number of carbonyl (C=O) groups excluding carboxylic acids is 1. The van der Waals surface area contributed by atoms with Crippen molar-refractivity contribution >= 4 is 29.6 Å². The van der Waals surface area contributed by atoms with Crippen LogP contribution in [0.1, 0.15) is 30.0 Å². The van der Waals surface area contributed by atoms with Crippen molar-refractivity contribution in [2.75, 3.05) is 0 Å². The number of rotatable bonds is 7. The highest BCUT2D eigenvalue weighted by Crippen LogP contribution is 2.21. The van der Waals surface area contributed by atoms with E-state index in [0.717, 1.165) is 5.56 Å². The van der Waals surface area contributed by atoms with Crippen LogP contribution in [-0.2, 0) is 9.59 Å². The van der Waals surface area contributed by atoms with Gasteiger partial charge in [0.1, 0.15) is 5.82 Å². The first-order valence-corrected chi connectivity index (χ1v) is 8.00. The Labute approximate surface area is 149 Å². The number of carbonyl (C=O) groups is 2. The maximum Gasteiger partial charge on any atom is 0.305 e. The predicted molar refractivity (Wildman–Crippen MR) is 94.6 cm³/mol. The van der Waals surface area contributed by atoms with E-state index < -0.39 is 12.0 Å². The maximum absolute atomic E-state index is 12.8. The van der Waals surface area contributed by atoms with Gasteiger partial charge in [0.25, 0.3) is 0 Å². The summed E-state index contributed by atoms with van der Waals surface area (Å²) >= 11 is 5.93. The summed E-state index contributed by atoms with van der Waals surface area (Å²) in [5.41, 5.74) is 1.40. The van der Waals surface area contributed by atoms with E-state index in [-0.39, 0.29) is 24.6 Å². The molecule has 1 unspecified atom stereocenters. The monoisotopic (exact) mass is 361 g/mol. The van der Waals surface area contributed by atoms with Crippen LogP contribution < -0.4 is 5.32 Å². The first kappa shape index (κ1) is 18.7. The zero-order chi connectivity index (χ0) is 18.2. The van der Waals surface area contributed by atoms with Gasteiger partial charge in [0.15, 0.2) is 0 Å². The third kappa shape index (κ3) is 6.39. The summed E-state index contributed by atoms with van der Waals surface area (Å²) in [6, 6.07) is 11.9. The maximum atomic E-state index is 12.8. The Morgan fingerprint density at radius 1 is 1.20 bits per heavy atom. The van der Waals surface area contributed by atoms with Gasteiger partial charge in [0, 0.05) is 11.4 Å². The molecular formula is C19H17ClFNO3. The molecule has 0 aliphatic heterocycles. The highest BCUT2D eigenvalue weighted by Gasteiger charge is 2.17. The normalized spacial score (nSPS) is 12.1. The Morgan fingerprint density at radius 3 is 2.56 bits per heavy atom. The molecule has 4 nitrogen and oxygen atoms in total. The Bertz CT molecular complexity index is 774. The average molecular weight is 362 g/mol. The van der Waals surface area contributed by atoms with Gasteiger partial charge >= 0.3 is 5.97 Å². The summed E-state index contributed by atoms with van der Waals surface area (Å²) in [6.07, 6.45) is 3.17. The van der Waals surface area contributed by atoms with E-state index in [0.29, 0.717) is 10.6 Å². The smallest absolute Gasteiger partial charge is 0.305 e. The molecule has 2 N–H and O–H groups in total. The molecule has 0 radical (unpaired) electrons. The number of benzene rings is 2. The van der Waals surface area contributed by atoms with Gasteiger partial charge in [-0.25, -0.2) is 4.39 Å². The number of hydrogen-bond donors (Lipinski definition) is 2. The van der Waals surface area contributed by atoms with E-state index in [1.165, 1.54) is 12.1 Å². The van der Waals surface area contributed by atoms with Crippen LogP contribution in [0.2, 0.25) is 5.02 Å². The summed E-state index contributed by atoms with van der Waals surface area (Å²) < 4.78 is 12.8. The van der Waals surface area contributed by atoms with E-state index in [2.05, 4.69) is 5.32 Å². The van der Waals surface area contributed by atoms with Gasteiger partial charge in [-0.1, -0.05) is 48.0 Å². The van der Waals surface area contributed by atoms with Crippen molar-refractivity contribution in [1.29, 1.82) is 0 Å². The number of carboxylic acid groups (broad SMARTS) is 1. The van der Waals surface area contributed by atoms with Gasteiger partial charge in [-0.05, 0) is 35.4 Å². The van der Waals surface area contributed by atoms with Crippen LogP contribution in [0.3, 0.4) is 0 Å². The first-order valence-electron chi connectivity index (χ1n) is 7.63. The van der Waals surface area contributed by atoms with Crippen molar-refractivity contribution in [2.45, 2.75) is 18.9 Å². The molecule has 0 aliphatic carbocycles. The molecule has 0 heterocycles. The molecule has 2 aromatic rings. The fraction of sp³-hybridized carbons (Fsp3) is 0.158. The molecule has 6 heteroatoms. The quantitative estimate of drug-likeness (QED) is 0.776. The largest absolute Gasteiger partial charge is 0.481 e. The first-order chi connectivity index (χ1) is 11.9. The predicted octanol–water partition coefficient (Wildman–Crippen LogP) is 4.21. The minimum Gasteiger partial charge on any atom is -0.481 e. The van der Waals surface area contributed by atoms with Crippen molar-refractivity contribution in [3.63, 3.8) is 0 Å². The van der Waals surface area contributed by atoms with Crippen LogP contribution in [0.25, 0.3) is 6.08 Å². The van der Waals surface area contributed by atoms with E-state index in [9.17, 15) is 14.0 Å². The van der Waals surface area contributed by atoms with Crippen molar-refractivity contribution in [3.8, 4) is 0 Å². The Balaban J connectivity index is 1.99. The molecule has 2 aromatic carbocycles. The molecule has 0 bridgehead atoms. The lowest BCUT2D eigenvalue weighted by Gasteiger charge is -2.17. The molecule has 0 spiro atoms. The van der Waals surface area contributed by atoms with Gasteiger partial charge < -0.3 is 10.4 Å². The molecule has 0 aliphatic rings. The lowest BCUT2D eigenvalue weighted by Crippen LogP contribution is -2.29. The second kappa shape index (κ2) is 8.99. The average Bonchev–Trinajstić information content (AvgIpc) is 2.56. The van der Waals surface area contributed by atoms with Gasteiger partial charge in [-0.15, -0.1) is 0 Å². The van der Waals surface area contributed by atoms with Crippen LogP contribution in [0.4, 0.5) is 4.39 Å². The molecule has 0 saturated carbocycles. The number of hydrogen-bond acceptors (Lipinski definition) is 2. The molecular weight excluding hydrogens is 345 g/mol. The molecule has 1 atom stereocenters. The van der Waals surface area contributed by atoms with E-state index in [4.69, 9.17) is 16.7 Å². The zero-order valence-corrected chi connectivity index (χ0v) is 14.0. The lowest BCUT2D eigenvalue weighted by atomic mass is 10.0. The Kier molecular flexibility index (Phi) is 6.71. The Hall–Kier alpha value is -2.66. The topological polar surface area (TPSA) is 66.4 Å². The number of amides is 1. The van der Waals surface area contributed by atoms with Gasteiger partial charge in [0.2, 0.25) is 5.91 Å². The molecule has 130 valence electrons. The number of carboxylic acids is 1. The molecule has 1 amide bonds.